The third-order valence-corrected chi connectivity index (χ3v) is 1.98. The Hall–Kier alpha value is -1.97. The highest BCUT2D eigenvalue weighted by atomic mass is 16.7. The first kappa shape index (κ1) is 9.58. The van der Waals surface area contributed by atoms with Crippen LogP contribution in [0.15, 0.2) is 34.7 Å². The second kappa shape index (κ2) is 4.04. The lowest BCUT2D eigenvalue weighted by molar-refractivity contribution is 0.238. The highest BCUT2D eigenvalue weighted by Crippen LogP contribution is 2.32. The fraction of sp³-hybridized carbons (Fsp3) is 0.182. The molecule has 1 aromatic carbocycles. The first-order chi connectivity index (χ1) is 7.35. The van der Waals surface area contributed by atoms with Gasteiger partial charge < -0.3 is 13.9 Å². The van der Waals surface area contributed by atoms with E-state index in [1.54, 1.807) is 0 Å². The molecule has 0 amide bonds. The number of benzene rings is 1. The van der Waals surface area contributed by atoms with Crippen LogP contribution < -0.4 is 9.47 Å². The fourth-order valence-corrected chi connectivity index (χ4v) is 1.29. The van der Waals surface area contributed by atoms with Crippen LogP contribution in [0.2, 0.25) is 0 Å². The maximum absolute atomic E-state index is 5.21. The molecule has 1 aromatic heterocycles. The Labute approximate surface area is 87.5 Å². The third-order valence-electron chi connectivity index (χ3n) is 1.98. The molecule has 1 heterocycles. The number of aromatic nitrogens is 1. The predicted molar refractivity (Wildman–Crippen MR) is 55.0 cm³/mol. The number of ether oxygens (including phenoxy) is 2. The topological polar surface area (TPSA) is 44.5 Å². The minimum Gasteiger partial charge on any atom is -0.467 e. The Morgan fingerprint density at radius 2 is 1.80 bits per heavy atom. The summed E-state index contributed by atoms with van der Waals surface area (Å²) in [6.07, 6.45) is 0.200. The molecular formula is C11H11NO3. The van der Waals surface area contributed by atoms with Gasteiger partial charge in [0.25, 0.3) is 0 Å². The summed E-state index contributed by atoms with van der Waals surface area (Å²) in [6, 6.07) is 9.65. The number of nitrogens with zero attached hydrogens (tertiary/aromatic N) is 1. The molecule has 0 saturated heterocycles. The quantitative estimate of drug-likeness (QED) is 0.771. The van der Waals surface area contributed by atoms with E-state index in [2.05, 4.69) is 4.98 Å². The minimum atomic E-state index is 0.200. The van der Waals surface area contributed by atoms with Crippen LogP contribution >= 0.6 is 0 Å². The lowest BCUT2D eigenvalue weighted by Crippen LogP contribution is -1.84. The molecule has 0 bridgehead atoms. The summed E-state index contributed by atoms with van der Waals surface area (Å²) in [5, 5.41) is 0. The Balaban J connectivity index is 2.47. The highest BCUT2D eigenvalue weighted by Gasteiger charge is 2.15. The van der Waals surface area contributed by atoms with E-state index in [1.165, 1.54) is 14.2 Å². The van der Waals surface area contributed by atoms with E-state index in [-0.39, 0.29) is 6.08 Å². The first-order valence-electron chi connectivity index (χ1n) is 4.49. The fourth-order valence-electron chi connectivity index (χ4n) is 1.29. The van der Waals surface area contributed by atoms with Crippen molar-refractivity contribution in [1.29, 1.82) is 0 Å². The monoisotopic (exact) mass is 205 g/mol. The summed E-state index contributed by atoms with van der Waals surface area (Å²) in [7, 11) is 3.03. The van der Waals surface area contributed by atoms with Gasteiger partial charge in [-0.1, -0.05) is 30.3 Å². The van der Waals surface area contributed by atoms with Crippen LogP contribution in [0.1, 0.15) is 0 Å². The largest absolute Gasteiger partial charge is 0.467 e. The van der Waals surface area contributed by atoms with Crippen molar-refractivity contribution in [2.45, 2.75) is 0 Å². The van der Waals surface area contributed by atoms with Gasteiger partial charge in [0.1, 0.15) is 0 Å². The second-order valence-electron chi connectivity index (χ2n) is 2.89. The molecule has 4 nitrogen and oxygen atoms in total. The molecule has 2 rings (SSSR count). The summed E-state index contributed by atoms with van der Waals surface area (Å²) in [6.45, 7) is 0. The van der Waals surface area contributed by atoms with Crippen molar-refractivity contribution in [3.8, 4) is 23.3 Å². The molecule has 0 unspecified atom stereocenters. The van der Waals surface area contributed by atoms with Gasteiger partial charge >= 0.3 is 12.0 Å². The summed E-state index contributed by atoms with van der Waals surface area (Å²) < 4.78 is 15.2. The van der Waals surface area contributed by atoms with E-state index >= 15 is 0 Å². The molecule has 78 valence electrons. The average molecular weight is 205 g/mol. The second-order valence-corrected chi connectivity index (χ2v) is 2.89. The highest BCUT2D eigenvalue weighted by molar-refractivity contribution is 5.63. The van der Waals surface area contributed by atoms with E-state index in [9.17, 15) is 0 Å². The van der Waals surface area contributed by atoms with E-state index in [0.717, 1.165) is 5.56 Å². The third kappa shape index (κ3) is 1.79. The number of rotatable bonds is 3. The molecule has 0 radical (unpaired) electrons. The van der Waals surface area contributed by atoms with E-state index in [0.29, 0.717) is 11.6 Å². The maximum Gasteiger partial charge on any atom is 0.396 e. The van der Waals surface area contributed by atoms with Crippen molar-refractivity contribution >= 4 is 0 Å². The van der Waals surface area contributed by atoms with Gasteiger partial charge in [0.15, 0.2) is 5.69 Å². The maximum atomic E-state index is 5.21. The Morgan fingerprint density at radius 1 is 1.07 bits per heavy atom. The van der Waals surface area contributed by atoms with Crippen LogP contribution in [0.25, 0.3) is 11.3 Å². The van der Waals surface area contributed by atoms with Crippen LogP contribution in [0.4, 0.5) is 0 Å². The van der Waals surface area contributed by atoms with E-state index < -0.39 is 0 Å². The smallest absolute Gasteiger partial charge is 0.396 e. The van der Waals surface area contributed by atoms with Gasteiger partial charge in [0.05, 0.1) is 14.2 Å². The van der Waals surface area contributed by atoms with Gasteiger partial charge in [-0.3, -0.25) is 0 Å². The van der Waals surface area contributed by atoms with Crippen LogP contribution in [-0.2, 0) is 0 Å². The summed E-state index contributed by atoms with van der Waals surface area (Å²) in [5.41, 5.74) is 1.58. The molecule has 0 saturated carbocycles. The van der Waals surface area contributed by atoms with Gasteiger partial charge in [0.2, 0.25) is 0 Å². The Bertz CT molecular complexity index is 436. The van der Waals surface area contributed by atoms with Gasteiger partial charge in [-0.15, -0.1) is 0 Å². The van der Waals surface area contributed by atoms with Crippen LogP contribution in [0.3, 0.4) is 0 Å². The summed E-state index contributed by atoms with van der Waals surface area (Å²) >= 11 is 0. The molecule has 0 atom stereocenters. The molecule has 0 fully saturated rings. The van der Waals surface area contributed by atoms with E-state index in [1.807, 2.05) is 30.3 Å². The lowest BCUT2D eigenvalue weighted by Gasteiger charge is -1.97. The molecule has 0 N–H and O–H groups in total. The molecule has 15 heavy (non-hydrogen) atoms. The van der Waals surface area contributed by atoms with Crippen molar-refractivity contribution in [1.82, 2.24) is 4.98 Å². The molecular weight excluding hydrogens is 194 g/mol. The van der Waals surface area contributed by atoms with Gasteiger partial charge in [0, 0.05) is 5.56 Å². The molecule has 0 aliphatic rings. The van der Waals surface area contributed by atoms with Gasteiger partial charge in [-0.05, 0) is 0 Å². The zero-order valence-electron chi connectivity index (χ0n) is 8.56. The van der Waals surface area contributed by atoms with Crippen molar-refractivity contribution in [3.63, 3.8) is 0 Å². The minimum absolute atomic E-state index is 0.200. The molecule has 0 spiro atoms. The molecule has 0 aliphatic heterocycles. The lowest BCUT2D eigenvalue weighted by atomic mass is 10.2. The Morgan fingerprint density at radius 3 is 2.40 bits per heavy atom. The number of oxazole rings is 1. The number of hydrogen-bond donors (Lipinski definition) is 0. The first-order valence-corrected chi connectivity index (χ1v) is 4.49. The van der Waals surface area contributed by atoms with Crippen molar-refractivity contribution < 1.29 is 13.9 Å². The number of hydrogen-bond acceptors (Lipinski definition) is 4. The zero-order chi connectivity index (χ0) is 10.7. The van der Waals surface area contributed by atoms with Crippen molar-refractivity contribution in [2.24, 2.45) is 0 Å². The van der Waals surface area contributed by atoms with Crippen LogP contribution in [0.5, 0.6) is 12.0 Å². The van der Waals surface area contributed by atoms with Gasteiger partial charge in [-0.2, -0.15) is 4.98 Å². The summed E-state index contributed by atoms with van der Waals surface area (Å²) in [5.74, 6) is 0.359. The zero-order valence-corrected chi connectivity index (χ0v) is 8.56. The Kier molecular flexibility index (Phi) is 2.58. The summed E-state index contributed by atoms with van der Waals surface area (Å²) in [4.78, 5) is 4.16. The normalized spacial score (nSPS) is 10.0. The number of methoxy groups -OCH3 is 2. The molecule has 4 heteroatoms. The average Bonchev–Trinajstić information content (AvgIpc) is 2.73. The van der Waals surface area contributed by atoms with Crippen molar-refractivity contribution in [3.05, 3.63) is 30.3 Å². The SMILES string of the molecule is COc1nc(-c2ccccc2)c(OC)o1. The predicted octanol–water partition coefficient (Wildman–Crippen LogP) is 2.36. The van der Waals surface area contributed by atoms with Crippen LogP contribution in [-0.4, -0.2) is 19.2 Å². The van der Waals surface area contributed by atoms with Gasteiger partial charge in [-0.25, -0.2) is 0 Å². The molecule has 2 aromatic rings. The van der Waals surface area contributed by atoms with Crippen molar-refractivity contribution in [2.75, 3.05) is 14.2 Å². The molecule has 0 aliphatic carbocycles. The standard InChI is InChI=1S/C11H11NO3/c1-13-10-9(12-11(14-2)15-10)8-6-4-3-5-7-8/h3-7H,1-2H3. The van der Waals surface area contributed by atoms with E-state index in [4.69, 9.17) is 13.9 Å². The van der Waals surface area contributed by atoms with Crippen LogP contribution in [0, 0.1) is 0 Å².